The van der Waals surface area contributed by atoms with Crippen LogP contribution in [0, 0.1) is 0 Å². The monoisotopic (exact) mass is 505 g/mol. The lowest BCUT2D eigenvalue weighted by molar-refractivity contribution is -0.137. The van der Waals surface area contributed by atoms with E-state index in [0.717, 1.165) is 55.0 Å². The molecule has 0 saturated carbocycles. The number of nitrogens with zero attached hydrogens (tertiary/aromatic N) is 2. The summed E-state index contributed by atoms with van der Waals surface area (Å²) in [6.45, 7) is 13.1. The molecule has 0 aromatic heterocycles. The van der Waals surface area contributed by atoms with Gasteiger partial charge in [-0.2, -0.15) is 13.2 Å². The number of rotatable bonds is 9. The van der Waals surface area contributed by atoms with Crippen LogP contribution in [0.3, 0.4) is 0 Å². The smallest absolute Gasteiger partial charge is 0.379 e. The largest absolute Gasteiger partial charge is 0.416 e. The topological polar surface area (TPSA) is 44.8 Å². The predicted molar refractivity (Wildman–Crippen MR) is 137 cm³/mol. The number of hydrogen-bond donors (Lipinski definition) is 1. The highest BCUT2D eigenvalue weighted by Crippen LogP contribution is 2.33. The summed E-state index contributed by atoms with van der Waals surface area (Å²) in [6.07, 6.45) is -3.63. The third-order valence-corrected chi connectivity index (χ3v) is 6.55. The van der Waals surface area contributed by atoms with Gasteiger partial charge in [-0.3, -0.25) is 4.90 Å². The zero-order chi connectivity index (χ0) is 26.3. The fourth-order valence-corrected chi connectivity index (χ4v) is 4.46. The van der Waals surface area contributed by atoms with Crippen molar-refractivity contribution in [1.82, 2.24) is 9.80 Å². The zero-order valence-corrected chi connectivity index (χ0v) is 21.7. The molecule has 1 N–H and O–H groups in total. The maximum absolute atomic E-state index is 13.6. The van der Waals surface area contributed by atoms with Crippen molar-refractivity contribution in [3.05, 3.63) is 64.7 Å². The van der Waals surface area contributed by atoms with Gasteiger partial charge in [0, 0.05) is 38.4 Å². The van der Waals surface area contributed by atoms with E-state index in [1.54, 1.807) is 4.90 Å². The van der Waals surface area contributed by atoms with Crippen molar-refractivity contribution < 1.29 is 22.7 Å². The highest BCUT2D eigenvalue weighted by atomic mass is 19.4. The van der Waals surface area contributed by atoms with Gasteiger partial charge in [-0.25, -0.2) is 4.79 Å². The lowest BCUT2D eigenvalue weighted by atomic mass is 9.93. The molecule has 198 valence electrons. The molecule has 8 heteroatoms. The average Bonchev–Trinajstić information content (AvgIpc) is 2.83. The molecule has 1 heterocycles. The molecule has 2 aromatic rings. The van der Waals surface area contributed by atoms with E-state index in [-0.39, 0.29) is 24.4 Å². The van der Waals surface area contributed by atoms with Crippen LogP contribution >= 0.6 is 0 Å². The van der Waals surface area contributed by atoms with E-state index in [9.17, 15) is 18.0 Å². The number of nitrogens with one attached hydrogen (secondary N) is 1. The summed E-state index contributed by atoms with van der Waals surface area (Å²) in [5, 5.41) is 3.16. The Labute approximate surface area is 212 Å². The van der Waals surface area contributed by atoms with E-state index in [0.29, 0.717) is 25.3 Å². The summed E-state index contributed by atoms with van der Waals surface area (Å²) < 4.78 is 44.5. The summed E-state index contributed by atoms with van der Waals surface area (Å²) >= 11 is 0. The van der Waals surface area contributed by atoms with Gasteiger partial charge in [0.05, 0.1) is 18.8 Å². The van der Waals surface area contributed by atoms with Crippen molar-refractivity contribution in [2.24, 2.45) is 0 Å². The molecule has 3 rings (SSSR count). The number of carbonyl (C=O) groups is 1. The summed E-state index contributed by atoms with van der Waals surface area (Å²) in [5.41, 5.74) is 2.93. The molecular formula is C28H38F3N3O2. The van der Waals surface area contributed by atoms with Crippen molar-refractivity contribution in [3.63, 3.8) is 0 Å². The third kappa shape index (κ3) is 7.71. The van der Waals surface area contributed by atoms with Gasteiger partial charge in [0.1, 0.15) is 0 Å². The van der Waals surface area contributed by atoms with Crippen LogP contribution in [-0.4, -0.2) is 55.2 Å². The number of halogens is 3. The number of anilines is 1. The summed E-state index contributed by atoms with van der Waals surface area (Å²) in [5.74, 6) is 0.451. The highest BCUT2D eigenvalue weighted by molar-refractivity contribution is 5.91. The Bertz CT molecular complexity index is 958. The van der Waals surface area contributed by atoms with Gasteiger partial charge < -0.3 is 15.0 Å². The molecule has 1 fully saturated rings. The fourth-order valence-electron chi connectivity index (χ4n) is 4.46. The second-order valence-electron chi connectivity index (χ2n) is 9.97. The van der Waals surface area contributed by atoms with Gasteiger partial charge >= 0.3 is 12.2 Å². The van der Waals surface area contributed by atoms with Crippen molar-refractivity contribution in [2.75, 3.05) is 44.7 Å². The number of ether oxygens (including phenoxy) is 1. The molecule has 5 nitrogen and oxygen atoms in total. The van der Waals surface area contributed by atoms with E-state index >= 15 is 0 Å². The van der Waals surface area contributed by atoms with Gasteiger partial charge in [-0.15, -0.1) is 0 Å². The standard InChI is InChI=1S/C28H38F3N3O2/c1-20(2)24-7-5-8-25(21(3)4)26(24)32-27(35)34(14-6-13-33-15-17-36-18-16-33)19-22-9-11-23(12-10-22)28(29,30)31/h5,7-12,20-21H,6,13-19H2,1-4H3,(H,32,35). The van der Waals surface area contributed by atoms with Gasteiger partial charge in [0.25, 0.3) is 0 Å². The molecule has 2 aromatic carbocycles. The molecule has 1 aliphatic rings. The quantitative estimate of drug-likeness (QED) is 0.412. The number of amides is 2. The Morgan fingerprint density at radius 3 is 2.11 bits per heavy atom. The minimum atomic E-state index is -4.39. The minimum absolute atomic E-state index is 0.226. The Kier molecular flexibility index (Phi) is 9.79. The second-order valence-corrected chi connectivity index (χ2v) is 9.97. The number of alkyl halides is 3. The molecular weight excluding hydrogens is 467 g/mol. The molecule has 0 unspecified atom stereocenters. The molecule has 0 bridgehead atoms. The molecule has 0 spiro atoms. The number of benzene rings is 2. The molecule has 0 atom stereocenters. The van der Waals surface area contributed by atoms with Crippen LogP contribution in [0.2, 0.25) is 0 Å². The number of urea groups is 1. The van der Waals surface area contributed by atoms with E-state index in [1.807, 2.05) is 18.2 Å². The predicted octanol–water partition coefficient (Wildman–Crippen LogP) is 6.71. The van der Waals surface area contributed by atoms with Crippen LogP contribution in [0.15, 0.2) is 42.5 Å². The first kappa shape index (κ1) is 28.0. The number of carbonyl (C=O) groups excluding carboxylic acids is 1. The molecule has 0 aliphatic carbocycles. The van der Waals surface area contributed by atoms with E-state index in [1.165, 1.54) is 12.1 Å². The van der Waals surface area contributed by atoms with Gasteiger partial charge in [0.15, 0.2) is 0 Å². The van der Waals surface area contributed by atoms with Crippen LogP contribution < -0.4 is 5.32 Å². The summed E-state index contributed by atoms with van der Waals surface area (Å²) in [6, 6.07) is 10.9. The number of hydrogen-bond acceptors (Lipinski definition) is 3. The van der Waals surface area contributed by atoms with Crippen LogP contribution in [0.4, 0.5) is 23.7 Å². The molecule has 2 amide bonds. The highest BCUT2D eigenvalue weighted by Gasteiger charge is 2.30. The van der Waals surface area contributed by atoms with Crippen molar-refractivity contribution in [3.8, 4) is 0 Å². The minimum Gasteiger partial charge on any atom is -0.379 e. The molecule has 36 heavy (non-hydrogen) atoms. The van der Waals surface area contributed by atoms with E-state index in [2.05, 4.69) is 37.9 Å². The Hall–Kier alpha value is -2.58. The maximum Gasteiger partial charge on any atom is 0.416 e. The summed E-state index contributed by atoms with van der Waals surface area (Å²) in [4.78, 5) is 17.6. The van der Waals surface area contributed by atoms with Crippen molar-refractivity contribution >= 4 is 11.7 Å². The van der Waals surface area contributed by atoms with E-state index < -0.39 is 11.7 Å². The first-order chi connectivity index (χ1) is 17.1. The zero-order valence-electron chi connectivity index (χ0n) is 21.7. The second kappa shape index (κ2) is 12.6. The third-order valence-electron chi connectivity index (χ3n) is 6.55. The maximum atomic E-state index is 13.6. The average molecular weight is 506 g/mol. The molecule has 1 aliphatic heterocycles. The number of para-hydroxylation sites is 1. The lowest BCUT2D eigenvalue weighted by Gasteiger charge is -2.29. The first-order valence-electron chi connectivity index (χ1n) is 12.7. The van der Waals surface area contributed by atoms with Crippen molar-refractivity contribution in [2.45, 2.75) is 58.7 Å². The van der Waals surface area contributed by atoms with Crippen LogP contribution in [0.1, 0.15) is 68.2 Å². The fraction of sp³-hybridized carbons (Fsp3) is 0.536. The molecule has 0 radical (unpaired) electrons. The molecule has 1 saturated heterocycles. The SMILES string of the molecule is CC(C)c1cccc(C(C)C)c1NC(=O)N(CCCN1CCOCC1)Cc1ccc(C(F)(F)F)cc1. The lowest BCUT2D eigenvalue weighted by Crippen LogP contribution is -2.40. The normalized spacial score (nSPS) is 14.9. The van der Waals surface area contributed by atoms with Crippen molar-refractivity contribution in [1.29, 1.82) is 0 Å². The van der Waals surface area contributed by atoms with Gasteiger partial charge in [0.2, 0.25) is 0 Å². The first-order valence-corrected chi connectivity index (χ1v) is 12.7. The Morgan fingerprint density at radius 1 is 1.00 bits per heavy atom. The van der Waals surface area contributed by atoms with Crippen LogP contribution in [0.5, 0.6) is 0 Å². The number of morpholine rings is 1. The van der Waals surface area contributed by atoms with Crippen LogP contribution in [0.25, 0.3) is 0 Å². The van der Waals surface area contributed by atoms with Gasteiger partial charge in [-0.05, 0) is 47.1 Å². The van der Waals surface area contributed by atoms with E-state index in [4.69, 9.17) is 4.74 Å². The van der Waals surface area contributed by atoms with Crippen LogP contribution in [-0.2, 0) is 17.5 Å². The Morgan fingerprint density at radius 2 is 1.58 bits per heavy atom. The summed E-state index contributed by atoms with van der Waals surface area (Å²) in [7, 11) is 0. The van der Waals surface area contributed by atoms with Gasteiger partial charge in [-0.1, -0.05) is 58.0 Å². The Balaban J connectivity index is 1.80.